The Balaban J connectivity index is 1.51. The van der Waals surface area contributed by atoms with Crippen molar-refractivity contribution in [3.63, 3.8) is 0 Å². The molecule has 7 heteroatoms. The number of hydrogen-bond donors (Lipinski definition) is 1. The Labute approximate surface area is 144 Å². The summed E-state index contributed by atoms with van der Waals surface area (Å²) in [6.07, 6.45) is 9.07. The fraction of sp³-hybridized carbons (Fsp3) is 0.278. The zero-order chi connectivity index (χ0) is 17.1. The Morgan fingerprint density at radius 3 is 2.92 bits per heavy atom. The average Bonchev–Trinajstić information content (AvgIpc) is 3.30. The molecule has 0 radical (unpaired) electrons. The minimum Gasteiger partial charge on any atom is -0.437 e. The Morgan fingerprint density at radius 2 is 2.12 bits per heavy atom. The second-order valence-corrected chi connectivity index (χ2v) is 6.00. The lowest BCUT2D eigenvalue weighted by Crippen LogP contribution is -2.24. The first-order valence-electron chi connectivity index (χ1n) is 8.25. The zero-order valence-corrected chi connectivity index (χ0v) is 13.6. The van der Waals surface area contributed by atoms with Crippen LogP contribution in [0.3, 0.4) is 0 Å². The van der Waals surface area contributed by atoms with Crippen LogP contribution in [0, 0.1) is 5.82 Å². The van der Waals surface area contributed by atoms with Gasteiger partial charge in [0.15, 0.2) is 0 Å². The molecule has 0 saturated carbocycles. The lowest BCUT2D eigenvalue weighted by atomic mass is 10.1. The van der Waals surface area contributed by atoms with Crippen molar-refractivity contribution < 1.29 is 9.13 Å². The van der Waals surface area contributed by atoms with E-state index in [-0.39, 0.29) is 11.9 Å². The lowest BCUT2D eigenvalue weighted by molar-refractivity contribution is 0.237. The molecule has 3 heterocycles. The van der Waals surface area contributed by atoms with Crippen LogP contribution in [0.25, 0.3) is 0 Å². The van der Waals surface area contributed by atoms with Gasteiger partial charge in [0.2, 0.25) is 5.88 Å². The van der Waals surface area contributed by atoms with Crippen molar-refractivity contribution in [1.29, 1.82) is 0 Å². The molecule has 0 amide bonds. The molecule has 0 spiro atoms. The number of aromatic amines is 1. The van der Waals surface area contributed by atoms with Crippen molar-refractivity contribution >= 4 is 0 Å². The normalized spacial score (nSPS) is 17.7. The number of hydrogen-bond acceptors (Lipinski definition) is 5. The molecule has 0 bridgehead atoms. The summed E-state index contributed by atoms with van der Waals surface area (Å²) in [5.74, 6) is 1.59. The lowest BCUT2D eigenvalue weighted by Gasteiger charge is -2.22. The first-order valence-corrected chi connectivity index (χ1v) is 8.25. The number of H-pyrrole nitrogens is 1. The van der Waals surface area contributed by atoms with Crippen LogP contribution in [0.4, 0.5) is 4.39 Å². The topological polar surface area (TPSA) is 66.9 Å². The molecule has 1 aliphatic rings. The first kappa shape index (κ1) is 15.7. The van der Waals surface area contributed by atoms with Crippen LogP contribution in [0.5, 0.6) is 11.6 Å². The third-order valence-electron chi connectivity index (χ3n) is 4.28. The SMILES string of the molecule is Fc1ccc(Oc2cncc([C@H]3CCCN3Cc3ncc[nH]3)n2)cc1. The van der Waals surface area contributed by atoms with E-state index in [4.69, 9.17) is 4.74 Å². The number of halogens is 1. The summed E-state index contributed by atoms with van der Waals surface area (Å²) in [4.78, 5) is 18.6. The second-order valence-electron chi connectivity index (χ2n) is 6.00. The summed E-state index contributed by atoms with van der Waals surface area (Å²) < 4.78 is 18.7. The minimum atomic E-state index is -0.299. The van der Waals surface area contributed by atoms with Crippen molar-refractivity contribution in [2.24, 2.45) is 0 Å². The van der Waals surface area contributed by atoms with Gasteiger partial charge in [-0.2, -0.15) is 0 Å². The van der Waals surface area contributed by atoms with E-state index in [0.29, 0.717) is 11.6 Å². The molecule has 1 N–H and O–H groups in total. The largest absolute Gasteiger partial charge is 0.437 e. The molecule has 6 nitrogen and oxygen atoms in total. The highest BCUT2D eigenvalue weighted by molar-refractivity contribution is 5.26. The van der Waals surface area contributed by atoms with E-state index >= 15 is 0 Å². The van der Waals surface area contributed by atoms with Crippen LogP contribution in [0.15, 0.2) is 49.1 Å². The van der Waals surface area contributed by atoms with Gasteiger partial charge in [0.1, 0.15) is 17.4 Å². The Kier molecular flexibility index (Phi) is 4.39. The predicted molar refractivity (Wildman–Crippen MR) is 89.5 cm³/mol. The van der Waals surface area contributed by atoms with Crippen molar-refractivity contribution in [2.75, 3.05) is 6.54 Å². The molecule has 0 unspecified atom stereocenters. The summed E-state index contributed by atoms with van der Waals surface area (Å²) >= 11 is 0. The highest BCUT2D eigenvalue weighted by atomic mass is 19.1. The number of imidazole rings is 1. The number of benzene rings is 1. The maximum atomic E-state index is 13.0. The van der Waals surface area contributed by atoms with E-state index in [0.717, 1.165) is 37.4 Å². The van der Waals surface area contributed by atoms with Crippen LogP contribution in [-0.2, 0) is 6.54 Å². The summed E-state index contributed by atoms with van der Waals surface area (Å²) in [5.41, 5.74) is 0.878. The van der Waals surface area contributed by atoms with Gasteiger partial charge >= 0.3 is 0 Å². The molecular formula is C18H18FN5O. The molecule has 4 rings (SSSR count). The third kappa shape index (κ3) is 3.66. The van der Waals surface area contributed by atoms with Crippen LogP contribution in [-0.4, -0.2) is 31.4 Å². The highest BCUT2D eigenvalue weighted by Crippen LogP contribution is 2.32. The summed E-state index contributed by atoms with van der Waals surface area (Å²) in [7, 11) is 0. The molecular weight excluding hydrogens is 321 g/mol. The van der Waals surface area contributed by atoms with Crippen molar-refractivity contribution in [2.45, 2.75) is 25.4 Å². The number of ether oxygens (including phenoxy) is 1. The summed E-state index contributed by atoms with van der Waals surface area (Å²) in [6.45, 7) is 1.75. The standard InChI is InChI=1S/C18H18FN5O/c19-13-3-5-14(6-4-13)25-18-11-20-10-15(23-18)16-2-1-9-24(16)12-17-21-7-8-22-17/h3-8,10-11,16H,1-2,9,12H2,(H,21,22)/t16-/m1/s1. The van der Waals surface area contributed by atoms with Gasteiger partial charge in [-0.05, 0) is 43.7 Å². The molecule has 3 aromatic rings. The second kappa shape index (κ2) is 6.98. The van der Waals surface area contributed by atoms with Gasteiger partial charge in [-0.25, -0.2) is 14.4 Å². The van der Waals surface area contributed by atoms with Crippen molar-refractivity contribution in [3.05, 3.63) is 66.4 Å². The van der Waals surface area contributed by atoms with E-state index in [9.17, 15) is 4.39 Å². The monoisotopic (exact) mass is 339 g/mol. The molecule has 0 aliphatic carbocycles. The number of likely N-dealkylation sites (tertiary alicyclic amines) is 1. The molecule has 128 valence electrons. The van der Waals surface area contributed by atoms with E-state index in [1.54, 1.807) is 30.7 Å². The number of rotatable bonds is 5. The van der Waals surface area contributed by atoms with E-state index in [1.807, 2.05) is 6.20 Å². The Morgan fingerprint density at radius 1 is 1.24 bits per heavy atom. The van der Waals surface area contributed by atoms with E-state index in [2.05, 4.69) is 24.8 Å². The minimum absolute atomic E-state index is 0.189. The van der Waals surface area contributed by atoms with Gasteiger partial charge in [-0.3, -0.25) is 9.88 Å². The molecule has 1 aromatic carbocycles. The van der Waals surface area contributed by atoms with Gasteiger partial charge in [0.25, 0.3) is 0 Å². The van der Waals surface area contributed by atoms with E-state index < -0.39 is 0 Å². The van der Waals surface area contributed by atoms with Gasteiger partial charge in [-0.1, -0.05) is 0 Å². The molecule has 1 atom stereocenters. The van der Waals surface area contributed by atoms with Crippen LogP contribution < -0.4 is 4.74 Å². The fourth-order valence-corrected chi connectivity index (χ4v) is 3.12. The van der Waals surface area contributed by atoms with E-state index in [1.165, 1.54) is 12.1 Å². The zero-order valence-electron chi connectivity index (χ0n) is 13.6. The molecule has 25 heavy (non-hydrogen) atoms. The highest BCUT2D eigenvalue weighted by Gasteiger charge is 2.28. The molecule has 1 fully saturated rings. The smallest absolute Gasteiger partial charge is 0.238 e. The Bertz CT molecular complexity index is 822. The molecule has 2 aromatic heterocycles. The van der Waals surface area contributed by atoms with Crippen molar-refractivity contribution in [1.82, 2.24) is 24.8 Å². The Hall–Kier alpha value is -2.80. The number of aromatic nitrogens is 4. The average molecular weight is 339 g/mol. The number of nitrogens with one attached hydrogen (secondary N) is 1. The third-order valence-corrected chi connectivity index (χ3v) is 4.28. The van der Waals surface area contributed by atoms with Gasteiger partial charge in [0.05, 0.1) is 30.7 Å². The van der Waals surface area contributed by atoms with Crippen molar-refractivity contribution in [3.8, 4) is 11.6 Å². The van der Waals surface area contributed by atoms with Gasteiger partial charge < -0.3 is 9.72 Å². The summed E-state index contributed by atoms with van der Waals surface area (Å²) in [6, 6.07) is 6.04. The predicted octanol–water partition coefficient (Wildman–Crippen LogP) is 3.47. The van der Waals surface area contributed by atoms with Crippen LogP contribution in [0.1, 0.15) is 30.4 Å². The first-order chi connectivity index (χ1) is 12.3. The summed E-state index contributed by atoms with van der Waals surface area (Å²) in [5, 5.41) is 0. The van der Waals surface area contributed by atoms with Gasteiger partial charge in [0, 0.05) is 12.4 Å². The number of nitrogens with zero attached hydrogens (tertiary/aromatic N) is 4. The maximum absolute atomic E-state index is 13.0. The molecule has 1 aliphatic heterocycles. The fourth-order valence-electron chi connectivity index (χ4n) is 3.12. The maximum Gasteiger partial charge on any atom is 0.238 e. The van der Waals surface area contributed by atoms with Gasteiger partial charge in [-0.15, -0.1) is 0 Å². The quantitative estimate of drug-likeness (QED) is 0.771. The van der Waals surface area contributed by atoms with Crippen LogP contribution >= 0.6 is 0 Å². The van der Waals surface area contributed by atoms with Crippen LogP contribution in [0.2, 0.25) is 0 Å². The molecule has 1 saturated heterocycles.